The van der Waals surface area contributed by atoms with Gasteiger partial charge in [-0.15, -0.1) is 11.8 Å². The molecule has 2 rings (SSSR count). The van der Waals surface area contributed by atoms with E-state index < -0.39 is 0 Å². The van der Waals surface area contributed by atoms with Gasteiger partial charge in [-0.1, -0.05) is 15.9 Å². The zero-order valence-corrected chi connectivity index (χ0v) is 14.7. The van der Waals surface area contributed by atoms with Gasteiger partial charge in [0.25, 0.3) is 0 Å². The number of methoxy groups -OCH3 is 1. The number of benzene rings is 2. The number of anilines is 1. The monoisotopic (exact) mass is 377 g/mol. The van der Waals surface area contributed by atoms with E-state index in [0.29, 0.717) is 5.56 Å². The lowest BCUT2D eigenvalue weighted by molar-refractivity contribution is 0.104. The molecule has 0 aliphatic heterocycles. The van der Waals surface area contributed by atoms with Gasteiger partial charge in [0.2, 0.25) is 0 Å². The Balaban J connectivity index is 2.12. The number of thioether (sulfide) groups is 1. The number of carbonyl (C=O) groups is 1. The molecule has 0 spiro atoms. The first-order valence-electron chi connectivity index (χ1n) is 6.59. The van der Waals surface area contributed by atoms with Gasteiger partial charge in [0, 0.05) is 21.8 Å². The Labute approximate surface area is 142 Å². The van der Waals surface area contributed by atoms with Gasteiger partial charge in [0.1, 0.15) is 5.75 Å². The molecule has 2 aromatic rings. The summed E-state index contributed by atoms with van der Waals surface area (Å²) in [4.78, 5) is 12.3. The molecule has 0 saturated heterocycles. The maximum Gasteiger partial charge on any atom is 0.188 e. The summed E-state index contributed by atoms with van der Waals surface area (Å²) in [5.74, 6) is 0.768. The maximum atomic E-state index is 12.3. The summed E-state index contributed by atoms with van der Waals surface area (Å²) < 4.78 is 6.08. The second kappa shape index (κ2) is 8.06. The van der Waals surface area contributed by atoms with Gasteiger partial charge in [0.05, 0.1) is 12.1 Å². The van der Waals surface area contributed by atoms with Crippen LogP contribution >= 0.6 is 27.7 Å². The average Bonchev–Trinajstić information content (AvgIpc) is 2.55. The SMILES string of the molecule is COc1ccc(N/C(=C\C(=O)c2ccc(Br)cc2)SC)cc1. The van der Waals surface area contributed by atoms with Crippen LogP contribution in [0, 0.1) is 0 Å². The fourth-order valence-corrected chi connectivity index (χ4v) is 2.49. The molecule has 114 valence electrons. The molecule has 5 heteroatoms. The molecule has 0 saturated carbocycles. The van der Waals surface area contributed by atoms with Crippen molar-refractivity contribution in [3.63, 3.8) is 0 Å². The van der Waals surface area contributed by atoms with Crippen molar-refractivity contribution >= 4 is 39.2 Å². The molecule has 0 fully saturated rings. The molecule has 0 aliphatic rings. The molecule has 3 nitrogen and oxygen atoms in total. The number of allylic oxidation sites excluding steroid dienone is 1. The Hall–Kier alpha value is -1.72. The minimum absolute atomic E-state index is 0.0298. The Morgan fingerprint density at radius 1 is 1.14 bits per heavy atom. The van der Waals surface area contributed by atoms with Gasteiger partial charge in [0.15, 0.2) is 5.78 Å². The van der Waals surface area contributed by atoms with Crippen molar-refractivity contribution in [2.45, 2.75) is 0 Å². The third-order valence-electron chi connectivity index (χ3n) is 2.97. The standard InChI is InChI=1S/C17H16BrNO2S/c1-21-15-9-7-14(8-10-15)19-17(22-2)11-16(20)12-3-5-13(18)6-4-12/h3-11,19H,1-2H3/b17-11+. The van der Waals surface area contributed by atoms with Crippen molar-refractivity contribution in [1.82, 2.24) is 0 Å². The first-order valence-corrected chi connectivity index (χ1v) is 8.61. The van der Waals surface area contributed by atoms with Crippen molar-refractivity contribution in [3.05, 3.63) is 69.7 Å². The topological polar surface area (TPSA) is 38.3 Å². The van der Waals surface area contributed by atoms with Crippen LogP contribution in [0.2, 0.25) is 0 Å². The Kier molecular flexibility index (Phi) is 6.10. The van der Waals surface area contributed by atoms with Crippen molar-refractivity contribution in [2.24, 2.45) is 0 Å². The average molecular weight is 378 g/mol. The van der Waals surface area contributed by atoms with Gasteiger partial charge in [-0.05, 0) is 54.8 Å². The van der Waals surface area contributed by atoms with Crippen LogP contribution in [0.15, 0.2) is 64.1 Å². The van der Waals surface area contributed by atoms with Crippen LogP contribution in [-0.2, 0) is 0 Å². The fraction of sp³-hybridized carbons (Fsp3) is 0.118. The van der Waals surface area contributed by atoms with E-state index in [1.165, 1.54) is 11.8 Å². The number of halogens is 1. The number of ether oxygens (including phenoxy) is 1. The summed E-state index contributed by atoms with van der Waals surface area (Å²) in [6.07, 6.45) is 3.54. The predicted octanol–water partition coefficient (Wildman–Crippen LogP) is 4.96. The van der Waals surface area contributed by atoms with Crippen LogP contribution in [0.25, 0.3) is 0 Å². The second-order valence-electron chi connectivity index (χ2n) is 4.44. The Morgan fingerprint density at radius 3 is 2.32 bits per heavy atom. The summed E-state index contributed by atoms with van der Waals surface area (Å²) >= 11 is 4.85. The summed E-state index contributed by atoms with van der Waals surface area (Å²) in [6, 6.07) is 14.9. The zero-order valence-electron chi connectivity index (χ0n) is 12.3. The van der Waals surface area contributed by atoms with Crippen LogP contribution in [0.1, 0.15) is 10.4 Å². The van der Waals surface area contributed by atoms with Crippen LogP contribution in [0.4, 0.5) is 5.69 Å². The third-order valence-corrected chi connectivity index (χ3v) is 4.16. The molecule has 0 unspecified atom stereocenters. The third kappa shape index (κ3) is 4.64. The van der Waals surface area contributed by atoms with Crippen LogP contribution in [-0.4, -0.2) is 19.1 Å². The van der Waals surface area contributed by atoms with Gasteiger partial charge in [-0.2, -0.15) is 0 Å². The molecule has 0 aliphatic carbocycles. The zero-order chi connectivity index (χ0) is 15.9. The number of hydrogen-bond donors (Lipinski definition) is 1. The molecule has 0 atom stereocenters. The lowest BCUT2D eigenvalue weighted by atomic mass is 10.1. The van der Waals surface area contributed by atoms with Crippen LogP contribution in [0.3, 0.4) is 0 Å². The summed E-state index contributed by atoms with van der Waals surface area (Å²) in [7, 11) is 1.63. The smallest absolute Gasteiger partial charge is 0.188 e. The second-order valence-corrected chi connectivity index (χ2v) is 6.20. The van der Waals surface area contributed by atoms with Crippen molar-refractivity contribution < 1.29 is 9.53 Å². The summed E-state index contributed by atoms with van der Waals surface area (Å²) in [5, 5.41) is 4.02. The molecule has 0 amide bonds. The molecule has 0 aromatic heterocycles. The van der Waals surface area contributed by atoms with Gasteiger partial charge in [-0.3, -0.25) is 4.79 Å². The van der Waals surface area contributed by atoms with E-state index in [4.69, 9.17) is 4.74 Å². The fourth-order valence-electron chi connectivity index (χ4n) is 1.78. The molecular formula is C17H16BrNO2S. The van der Waals surface area contributed by atoms with Crippen molar-refractivity contribution in [3.8, 4) is 5.75 Å². The molecule has 0 heterocycles. The normalized spacial score (nSPS) is 11.1. The van der Waals surface area contributed by atoms with Crippen LogP contribution in [0.5, 0.6) is 5.75 Å². The first kappa shape index (κ1) is 16.6. The minimum Gasteiger partial charge on any atom is -0.497 e. The highest BCUT2D eigenvalue weighted by atomic mass is 79.9. The quantitative estimate of drug-likeness (QED) is 0.570. The number of hydrogen-bond acceptors (Lipinski definition) is 4. The lowest BCUT2D eigenvalue weighted by Gasteiger charge is -2.09. The number of rotatable bonds is 6. The molecule has 0 bridgehead atoms. The summed E-state index contributed by atoms with van der Waals surface area (Å²) in [5.41, 5.74) is 1.57. The Morgan fingerprint density at radius 2 is 1.77 bits per heavy atom. The van der Waals surface area contributed by atoms with Crippen molar-refractivity contribution in [1.29, 1.82) is 0 Å². The van der Waals surface area contributed by atoms with Crippen LogP contribution < -0.4 is 10.1 Å². The first-order chi connectivity index (χ1) is 10.6. The summed E-state index contributed by atoms with van der Waals surface area (Å²) in [6.45, 7) is 0. The molecule has 2 aromatic carbocycles. The van der Waals surface area contributed by atoms with Gasteiger partial charge in [-0.25, -0.2) is 0 Å². The minimum atomic E-state index is -0.0298. The predicted molar refractivity (Wildman–Crippen MR) is 96.7 cm³/mol. The van der Waals surface area contributed by atoms with E-state index in [1.54, 1.807) is 25.3 Å². The van der Waals surface area contributed by atoms with Crippen molar-refractivity contribution in [2.75, 3.05) is 18.7 Å². The van der Waals surface area contributed by atoms with E-state index >= 15 is 0 Å². The molecular weight excluding hydrogens is 362 g/mol. The van der Waals surface area contributed by atoms with Gasteiger partial charge < -0.3 is 10.1 Å². The number of ketones is 1. The van der Waals surface area contributed by atoms with E-state index in [0.717, 1.165) is 20.9 Å². The maximum absolute atomic E-state index is 12.3. The molecule has 0 radical (unpaired) electrons. The molecule has 22 heavy (non-hydrogen) atoms. The number of nitrogens with one attached hydrogen (secondary N) is 1. The highest BCUT2D eigenvalue weighted by molar-refractivity contribution is 9.10. The Bertz CT molecular complexity index is 666. The lowest BCUT2D eigenvalue weighted by Crippen LogP contribution is -2.01. The van der Waals surface area contributed by atoms with Gasteiger partial charge >= 0.3 is 0 Å². The van der Waals surface area contributed by atoms with E-state index in [1.807, 2.05) is 42.7 Å². The highest BCUT2D eigenvalue weighted by Gasteiger charge is 2.05. The largest absolute Gasteiger partial charge is 0.497 e. The molecule has 1 N–H and O–H groups in total. The highest BCUT2D eigenvalue weighted by Crippen LogP contribution is 2.21. The number of carbonyl (C=O) groups excluding carboxylic acids is 1. The van der Waals surface area contributed by atoms with E-state index in [9.17, 15) is 4.79 Å². The van der Waals surface area contributed by atoms with E-state index in [2.05, 4.69) is 21.2 Å². The van der Waals surface area contributed by atoms with E-state index in [-0.39, 0.29) is 5.78 Å².